The van der Waals surface area contributed by atoms with Gasteiger partial charge in [0.25, 0.3) is 0 Å². The lowest BCUT2D eigenvalue weighted by Crippen LogP contribution is -2.64. The zero-order valence-corrected chi connectivity index (χ0v) is 40.3. The molecule has 0 spiro atoms. The van der Waals surface area contributed by atoms with E-state index in [2.05, 4.69) is 41.5 Å². The van der Waals surface area contributed by atoms with Crippen molar-refractivity contribution in [2.45, 2.75) is 204 Å². The van der Waals surface area contributed by atoms with Crippen LogP contribution in [0.25, 0.3) is 0 Å². The molecule has 0 aliphatic carbocycles. The van der Waals surface area contributed by atoms with Crippen molar-refractivity contribution >= 4 is 16.6 Å². The van der Waals surface area contributed by atoms with Crippen molar-refractivity contribution in [2.75, 3.05) is 6.61 Å². The highest BCUT2D eigenvalue weighted by atomic mass is 28.4. The lowest BCUT2D eigenvalue weighted by atomic mass is 9.89. The van der Waals surface area contributed by atoms with E-state index in [1.165, 1.54) is 6.92 Å². The molecule has 2 aromatic carbocycles. The van der Waals surface area contributed by atoms with Gasteiger partial charge in [-0.05, 0) is 82.0 Å². The van der Waals surface area contributed by atoms with Crippen molar-refractivity contribution in [3.63, 3.8) is 0 Å². The minimum atomic E-state index is -2.80. The molecule has 2 aliphatic rings. The summed E-state index contributed by atoms with van der Waals surface area (Å²) in [5.74, 6) is -1.96. The summed E-state index contributed by atoms with van der Waals surface area (Å²) in [4.78, 5) is 0. The van der Waals surface area contributed by atoms with Crippen LogP contribution in [-0.4, -0.2) is 122 Å². The monoisotopic (exact) mass is 864 g/mol. The summed E-state index contributed by atoms with van der Waals surface area (Å²) in [6.45, 7) is 29.7. The molecular formula is C45H76O12Si2. The predicted molar refractivity (Wildman–Crippen MR) is 233 cm³/mol. The summed E-state index contributed by atoms with van der Waals surface area (Å²) in [6, 6.07) is 19.2. The first-order valence-electron chi connectivity index (χ1n) is 21.1. The molecule has 0 unspecified atom stereocenters. The molecule has 2 aromatic rings. The number of benzene rings is 2. The third kappa shape index (κ3) is 13.0. The van der Waals surface area contributed by atoms with E-state index in [0.717, 1.165) is 11.1 Å². The Hall–Kier alpha value is -1.61. The van der Waals surface area contributed by atoms with Crippen molar-refractivity contribution in [2.24, 2.45) is 0 Å². The van der Waals surface area contributed by atoms with Crippen molar-refractivity contribution in [3.8, 4) is 0 Å². The Labute approximate surface area is 356 Å². The van der Waals surface area contributed by atoms with Crippen molar-refractivity contribution < 1.29 is 57.7 Å². The van der Waals surface area contributed by atoms with E-state index in [9.17, 15) is 20.4 Å². The smallest absolute Gasteiger partial charge is 0.192 e. The van der Waals surface area contributed by atoms with E-state index in [-0.39, 0.29) is 29.9 Å². The van der Waals surface area contributed by atoms with Crippen molar-refractivity contribution in [1.29, 1.82) is 0 Å². The maximum absolute atomic E-state index is 12.9. The van der Waals surface area contributed by atoms with Gasteiger partial charge in [-0.25, -0.2) is 0 Å². The molecule has 0 saturated carbocycles. The standard InChI is InChI=1S/C45H76O12Si2/c1-29(46)33(47)38(56-58(12,13)42(2,3)4)39(57-59(14,15)43(5,6)7)35(49)34(48)37(50-26-30-22-18-16-19-23-30)40(51-27-31-24-20-17-21-25-31)41-36(54-45(10,11)55-41)32-28-52-44(8,9)53-32/h16-25,29,32-41,46-49H,26-28H2,1-15H3/t29-,32-,33+,34+,35+,36-,37+,38+,39+,40-,41+/m1/s1. The van der Waals surface area contributed by atoms with Crippen LogP contribution in [0.4, 0.5) is 0 Å². The van der Waals surface area contributed by atoms with Crippen LogP contribution >= 0.6 is 0 Å². The maximum Gasteiger partial charge on any atom is 0.192 e. The molecule has 11 atom stereocenters. The number of aliphatic hydroxyl groups is 4. The van der Waals surface area contributed by atoms with E-state index in [0.29, 0.717) is 0 Å². The molecule has 14 heteroatoms. The van der Waals surface area contributed by atoms with E-state index in [1.807, 2.05) is 115 Å². The van der Waals surface area contributed by atoms with Gasteiger partial charge >= 0.3 is 0 Å². The summed E-state index contributed by atoms with van der Waals surface area (Å²) in [5.41, 5.74) is 1.70. The Kier molecular flexibility index (Phi) is 16.5. The fourth-order valence-corrected chi connectivity index (χ4v) is 9.51. The van der Waals surface area contributed by atoms with Gasteiger partial charge in [0, 0.05) is 0 Å². The first kappa shape index (κ1) is 50.0. The summed E-state index contributed by atoms with van der Waals surface area (Å²) < 4.78 is 53.2. The van der Waals surface area contributed by atoms with Crippen LogP contribution < -0.4 is 0 Å². The van der Waals surface area contributed by atoms with Crippen LogP contribution in [0.5, 0.6) is 0 Å². The Morgan fingerprint density at radius 2 is 1.07 bits per heavy atom. The predicted octanol–water partition coefficient (Wildman–Crippen LogP) is 7.07. The van der Waals surface area contributed by atoms with Gasteiger partial charge in [-0.1, -0.05) is 102 Å². The lowest BCUT2D eigenvalue weighted by Gasteiger charge is -2.49. The summed E-state index contributed by atoms with van der Waals surface area (Å²) in [6.07, 6.45) is -13.3. The molecule has 2 heterocycles. The van der Waals surface area contributed by atoms with Crippen LogP contribution in [0, 0.1) is 0 Å². The number of ether oxygens (including phenoxy) is 6. The minimum Gasteiger partial charge on any atom is -0.408 e. The normalized spacial score (nSPS) is 25.5. The molecule has 2 saturated heterocycles. The quantitative estimate of drug-likeness (QED) is 0.107. The van der Waals surface area contributed by atoms with Gasteiger partial charge in [-0.15, -0.1) is 0 Å². The molecule has 0 radical (unpaired) electrons. The average Bonchev–Trinajstić information content (AvgIpc) is 3.66. The second-order valence-corrected chi connectivity index (χ2v) is 29.9. The molecule has 2 aliphatic heterocycles. The first-order chi connectivity index (χ1) is 27.1. The topological polar surface area (TPSA) is 155 Å². The van der Waals surface area contributed by atoms with Crippen LogP contribution in [0.3, 0.4) is 0 Å². The second kappa shape index (κ2) is 19.4. The van der Waals surface area contributed by atoms with Gasteiger partial charge in [0.05, 0.1) is 25.9 Å². The molecule has 0 bridgehead atoms. The number of aliphatic hydroxyl groups excluding tert-OH is 4. The van der Waals surface area contributed by atoms with E-state index in [1.54, 1.807) is 0 Å². The molecule has 336 valence electrons. The van der Waals surface area contributed by atoms with E-state index < -0.39 is 95.4 Å². The number of rotatable bonds is 19. The molecule has 0 amide bonds. The number of hydrogen-bond donors (Lipinski definition) is 4. The second-order valence-electron chi connectivity index (χ2n) is 20.4. The van der Waals surface area contributed by atoms with Crippen LogP contribution in [0.15, 0.2) is 60.7 Å². The van der Waals surface area contributed by atoms with Crippen LogP contribution in [0.1, 0.15) is 87.3 Å². The van der Waals surface area contributed by atoms with Crippen molar-refractivity contribution in [3.05, 3.63) is 71.8 Å². The van der Waals surface area contributed by atoms with Crippen LogP contribution in [0.2, 0.25) is 36.3 Å². The Morgan fingerprint density at radius 1 is 0.627 bits per heavy atom. The average molecular weight is 865 g/mol. The van der Waals surface area contributed by atoms with E-state index in [4.69, 9.17) is 37.3 Å². The SMILES string of the molecule is C[C@@H](O)[C@H](O)[C@H](O[Si](C)(C)C(C)(C)C)[C@@H](O[Si](C)(C)C(C)(C)C)[C@@H](O)[C@H](O)[C@H](OCc1ccccc1)[C@@H](OCc1ccccc1)[C@H]1OC(C)(C)O[C@@H]1[C@H]1COC(C)(C)O1. The van der Waals surface area contributed by atoms with Crippen molar-refractivity contribution in [1.82, 2.24) is 0 Å². The lowest BCUT2D eigenvalue weighted by molar-refractivity contribution is -0.217. The van der Waals surface area contributed by atoms with Gasteiger partial charge in [0.15, 0.2) is 28.2 Å². The highest BCUT2D eigenvalue weighted by Gasteiger charge is 2.57. The summed E-state index contributed by atoms with van der Waals surface area (Å²) in [7, 11) is -5.52. The van der Waals surface area contributed by atoms with Gasteiger partial charge in [0.1, 0.15) is 61.0 Å². The first-order valence-corrected chi connectivity index (χ1v) is 26.9. The summed E-state index contributed by atoms with van der Waals surface area (Å²) >= 11 is 0. The van der Waals surface area contributed by atoms with Crippen LogP contribution in [-0.2, 0) is 50.5 Å². The third-order valence-electron chi connectivity index (χ3n) is 12.4. The molecule has 2 fully saturated rings. The minimum absolute atomic E-state index is 0.0478. The van der Waals surface area contributed by atoms with Gasteiger partial charge in [-0.2, -0.15) is 0 Å². The van der Waals surface area contributed by atoms with E-state index >= 15 is 0 Å². The summed E-state index contributed by atoms with van der Waals surface area (Å²) in [5, 5.41) is 47.9. The maximum atomic E-state index is 12.9. The number of hydrogen-bond acceptors (Lipinski definition) is 12. The zero-order valence-electron chi connectivity index (χ0n) is 38.3. The molecular weight excluding hydrogens is 789 g/mol. The molecule has 12 nitrogen and oxygen atoms in total. The Morgan fingerprint density at radius 3 is 1.49 bits per heavy atom. The highest BCUT2D eigenvalue weighted by Crippen LogP contribution is 2.43. The highest BCUT2D eigenvalue weighted by molar-refractivity contribution is 6.74. The Bertz CT molecular complexity index is 1580. The Balaban J connectivity index is 1.90. The third-order valence-corrected chi connectivity index (χ3v) is 21.4. The zero-order chi connectivity index (χ0) is 44.4. The van der Waals surface area contributed by atoms with Gasteiger partial charge in [0.2, 0.25) is 0 Å². The van der Waals surface area contributed by atoms with Gasteiger partial charge < -0.3 is 57.7 Å². The fraction of sp³-hybridized carbons (Fsp3) is 0.733. The molecule has 4 N–H and O–H groups in total. The molecule has 0 aromatic heterocycles. The molecule has 4 rings (SSSR count). The van der Waals surface area contributed by atoms with Gasteiger partial charge in [-0.3, -0.25) is 0 Å². The molecule has 59 heavy (non-hydrogen) atoms. The largest absolute Gasteiger partial charge is 0.408 e. The fourth-order valence-electron chi connectivity index (χ4n) is 6.89.